The van der Waals surface area contributed by atoms with Gasteiger partial charge in [0.1, 0.15) is 22.5 Å². The second-order valence-corrected chi connectivity index (χ2v) is 5.94. The van der Waals surface area contributed by atoms with E-state index in [1.54, 1.807) is 19.2 Å². The van der Waals surface area contributed by atoms with E-state index in [0.717, 1.165) is 6.07 Å². The lowest BCUT2D eigenvalue weighted by Gasteiger charge is -2.11. The van der Waals surface area contributed by atoms with Gasteiger partial charge in [0.05, 0.1) is 17.1 Å². The highest BCUT2D eigenvalue weighted by Crippen LogP contribution is 2.32. The number of carbonyl (C=O) groups is 1. The van der Waals surface area contributed by atoms with Gasteiger partial charge in [-0.25, -0.2) is 14.0 Å². The molecule has 0 aliphatic rings. The van der Waals surface area contributed by atoms with Crippen LogP contribution in [0.1, 0.15) is 10.4 Å². The molecule has 0 atom stereocenters. The van der Waals surface area contributed by atoms with Gasteiger partial charge in [0, 0.05) is 12.7 Å². The largest absolute Gasteiger partial charge is 0.495 e. The van der Waals surface area contributed by atoms with E-state index in [4.69, 9.17) is 10.5 Å². The summed E-state index contributed by atoms with van der Waals surface area (Å²) < 4.78 is 23.0. The summed E-state index contributed by atoms with van der Waals surface area (Å²) in [6.45, 7) is 0. The predicted octanol–water partition coefficient (Wildman–Crippen LogP) is 2.02. The SMILES string of the molecule is CNC(=O)c1c(N)ccc(Br)c1OC.O=c1[nH]c2cccc(F)c2c(=O)o1. The van der Waals surface area contributed by atoms with E-state index < -0.39 is 17.2 Å². The molecule has 1 amide bonds. The van der Waals surface area contributed by atoms with Crippen LogP contribution in [-0.4, -0.2) is 25.0 Å². The molecule has 0 fully saturated rings. The van der Waals surface area contributed by atoms with E-state index in [2.05, 4.69) is 30.6 Å². The highest BCUT2D eigenvalue weighted by atomic mass is 79.9. The average Bonchev–Trinajstić information content (AvgIpc) is 2.62. The molecule has 0 aliphatic heterocycles. The standard InChI is InChI=1S/C9H11BrN2O2.C8H4FNO3/c1-12-9(13)7-6(11)4-3-5(10)8(7)14-2;9-4-2-1-3-5-6(4)7(11)13-8(12)10-5/h3-4H,11H2,1-2H3,(H,12,13);1-3H,(H,10,12). The molecule has 4 N–H and O–H groups in total. The summed E-state index contributed by atoms with van der Waals surface area (Å²) in [4.78, 5) is 35.3. The second-order valence-electron chi connectivity index (χ2n) is 5.09. The van der Waals surface area contributed by atoms with Crippen molar-refractivity contribution < 1.29 is 18.3 Å². The van der Waals surface area contributed by atoms with Crippen molar-refractivity contribution in [3.05, 3.63) is 67.2 Å². The third kappa shape index (κ3) is 4.34. The summed E-state index contributed by atoms with van der Waals surface area (Å²) in [6.07, 6.45) is 0. The molecule has 0 unspecified atom stereocenters. The first kappa shape index (κ1) is 20.2. The summed E-state index contributed by atoms with van der Waals surface area (Å²) in [5.41, 5.74) is 5.60. The smallest absolute Gasteiger partial charge is 0.419 e. The van der Waals surface area contributed by atoms with Gasteiger partial charge in [0.25, 0.3) is 5.91 Å². The van der Waals surface area contributed by atoms with Crippen LogP contribution in [0, 0.1) is 5.82 Å². The van der Waals surface area contributed by atoms with Gasteiger partial charge in [-0.15, -0.1) is 0 Å². The highest BCUT2D eigenvalue weighted by molar-refractivity contribution is 9.10. The Bertz CT molecular complexity index is 1110. The first-order valence-electron chi connectivity index (χ1n) is 7.45. The normalized spacial score (nSPS) is 10.1. The van der Waals surface area contributed by atoms with E-state index in [9.17, 15) is 18.8 Å². The number of methoxy groups -OCH3 is 1. The molecule has 0 bridgehead atoms. The number of amides is 1. The minimum absolute atomic E-state index is 0.140. The van der Waals surface area contributed by atoms with Crippen LogP contribution in [0.3, 0.4) is 0 Å². The molecule has 0 saturated heterocycles. The van der Waals surface area contributed by atoms with Crippen LogP contribution in [0.25, 0.3) is 10.9 Å². The van der Waals surface area contributed by atoms with Crippen molar-refractivity contribution in [1.82, 2.24) is 10.3 Å². The Morgan fingerprint density at radius 2 is 2.00 bits per heavy atom. The number of anilines is 1. The lowest BCUT2D eigenvalue weighted by molar-refractivity contribution is 0.0961. The van der Waals surface area contributed by atoms with E-state index in [0.29, 0.717) is 21.5 Å². The number of fused-ring (bicyclic) bond motifs is 1. The topological polar surface area (TPSA) is 127 Å². The fraction of sp³-hybridized carbons (Fsp3) is 0.118. The zero-order valence-electron chi connectivity index (χ0n) is 14.3. The minimum Gasteiger partial charge on any atom is -0.495 e. The first-order chi connectivity index (χ1) is 12.8. The maximum Gasteiger partial charge on any atom is 0.419 e. The molecule has 3 aromatic rings. The summed E-state index contributed by atoms with van der Waals surface area (Å²) >= 11 is 3.28. The van der Waals surface area contributed by atoms with Gasteiger partial charge in [-0.3, -0.25) is 9.78 Å². The van der Waals surface area contributed by atoms with Crippen LogP contribution in [0.15, 0.2) is 48.8 Å². The van der Waals surface area contributed by atoms with Gasteiger partial charge in [-0.1, -0.05) is 6.07 Å². The number of aromatic amines is 1. The number of H-pyrrole nitrogens is 1. The zero-order chi connectivity index (χ0) is 20.1. The zero-order valence-corrected chi connectivity index (χ0v) is 15.8. The number of nitrogens with one attached hydrogen (secondary N) is 2. The molecule has 2 aromatic carbocycles. The van der Waals surface area contributed by atoms with E-state index in [1.165, 1.54) is 19.2 Å². The number of halogens is 2. The first-order valence-corrected chi connectivity index (χ1v) is 8.25. The molecule has 8 nitrogen and oxygen atoms in total. The van der Waals surface area contributed by atoms with Gasteiger partial charge < -0.3 is 20.2 Å². The molecule has 1 aromatic heterocycles. The minimum atomic E-state index is -0.961. The Kier molecular flexibility index (Phi) is 6.35. The number of rotatable bonds is 2. The molecular formula is C17H15BrFN3O5. The molecular weight excluding hydrogens is 425 g/mol. The number of hydrogen-bond donors (Lipinski definition) is 3. The molecule has 3 rings (SSSR count). The molecule has 1 heterocycles. The van der Waals surface area contributed by atoms with Crippen molar-refractivity contribution in [2.45, 2.75) is 0 Å². The third-order valence-electron chi connectivity index (χ3n) is 3.44. The second kappa shape index (κ2) is 8.49. The number of benzene rings is 2. The lowest BCUT2D eigenvalue weighted by atomic mass is 10.1. The number of nitrogens with two attached hydrogens (primary N) is 1. The Morgan fingerprint density at radius 1 is 1.30 bits per heavy atom. The quantitative estimate of drug-likeness (QED) is 0.524. The number of ether oxygens (including phenoxy) is 1. The fourth-order valence-corrected chi connectivity index (χ4v) is 2.73. The maximum absolute atomic E-state index is 13.0. The number of carbonyl (C=O) groups excluding carboxylic acids is 1. The molecule has 27 heavy (non-hydrogen) atoms. The van der Waals surface area contributed by atoms with Gasteiger partial charge >= 0.3 is 11.4 Å². The van der Waals surface area contributed by atoms with Crippen molar-refractivity contribution in [3.63, 3.8) is 0 Å². The molecule has 0 saturated carbocycles. The van der Waals surface area contributed by atoms with Gasteiger partial charge in [-0.05, 0) is 40.2 Å². The van der Waals surface area contributed by atoms with Crippen molar-refractivity contribution in [1.29, 1.82) is 0 Å². The van der Waals surface area contributed by atoms with Gasteiger partial charge in [-0.2, -0.15) is 0 Å². The van der Waals surface area contributed by atoms with Crippen LogP contribution in [0.4, 0.5) is 10.1 Å². The van der Waals surface area contributed by atoms with Crippen LogP contribution >= 0.6 is 15.9 Å². The fourth-order valence-electron chi connectivity index (χ4n) is 2.24. The van der Waals surface area contributed by atoms with Gasteiger partial charge in [0.15, 0.2) is 0 Å². The van der Waals surface area contributed by atoms with Crippen LogP contribution < -0.4 is 27.2 Å². The molecule has 142 valence electrons. The van der Waals surface area contributed by atoms with Crippen molar-refractivity contribution in [3.8, 4) is 5.75 Å². The monoisotopic (exact) mass is 439 g/mol. The van der Waals surface area contributed by atoms with Gasteiger partial charge in [0.2, 0.25) is 0 Å². The van der Waals surface area contributed by atoms with E-state index in [1.807, 2.05) is 0 Å². The summed E-state index contributed by atoms with van der Waals surface area (Å²) in [6, 6.07) is 7.33. The maximum atomic E-state index is 13.0. The molecule has 0 aliphatic carbocycles. The van der Waals surface area contributed by atoms with Crippen LogP contribution in [0.2, 0.25) is 0 Å². The summed E-state index contributed by atoms with van der Waals surface area (Å²) in [5.74, 6) is -1.41. The van der Waals surface area contributed by atoms with Crippen molar-refractivity contribution in [2.24, 2.45) is 0 Å². The highest BCUT2D eigenvalue weighted by Gasteiger charge is 2.17. The average molecular weight is 440 g/mol. The Morgan fingerprint density at radius 3 is 2.63 bits per heavy atom. The van der Waals surface area contributed by atoms with Crippen LogP contribution in [-0.2, 0) is 0 Å². The lowest BCUT2D eigenvalue weighted by Crippen LogP contribution is -2.20. The predicted molar refractivity (Wildman–Crippen MR) is 102 cm³/mol. The Hall–Kier alpha value is -3.14. The Labute approximate surface area is 160 Å². The van der Waals surface area contributed by atoms with Crippen molar-refractivity contribution in [2.75, 3.05) is 19.9 Å². The summed E-state index contributed by atoms with van der Waals surface area (Å²) in [5, 5.41) is 2.27. The molecule has 0 spiro atoms. The van der Waals surface area contributed by atoms with E-state index >= 15 is 0 Å². The molecule has 10 heteroatoms. The van der Waals surface area contributed by atoms with Crippen molar-refractivity contribution >= 4 is 38.4 Å². The Balaban J connectivity index is 0.000000194. The van der Waals surface area contributed by atoms with E-state index in [-0.39, 0.29) is 16.8 Å². The number of hydrogen-bond acceptors (Lipinski definition) is 6. The number of aromatic nitrogens is 1. The molecule has 0 radical (unpaired) electrons. The number of nitrogen functional groups attached to an aromatic ring is 1. The summed E-state index contributed by atoms with van der Waals surface area (Å²) in [7, 11) is 3.04. The third-order valence-corrected chi connectivity index (χ3v) is 4.06. The van der Waals surface area contributed by atoms with Crippen LogP contribution in [0.5, 0.6) is 5.75 Å².